The number of nitrogens with zero attached hydrogens (tertiary/aromatic N) is 2. The zero-order valence-electron chi connectivity index (χ0n) is 22.9. The molecule has 3 aromatic carbocycles. The number of aliphatic hydroxyl groups is 1. The molecule has 1 amide bonds. The second-order valence-electron chi connectivity index (χ2n) is 9.62. The second kappa shape index (κ2) is 11.3. The molecule has 1 saturated heterocycles. The Balaban J connectivity index is 1.53. The second-order valence-corrected chi connectivity index (χ2v) is 10.6. The van der Waals surface area contributed by atoms with E-state index in [1.54, 1.807) is 36.4 Å². The van der Waals surface area contributed by atoms with E-state index in [1.807, 2.05) is 13.8 Å². The van der Waals surface area contributed by atoms with Gasteiger partial charge in [-0.3, -0.25) is 14.5 Å². The van der Waals surface area contributed by atoms with Gasteiger partial charge in [-0.25, -0.2) is 9.37 Å². The number of rotatable bonds is 8. The summed E-state index contributed by atoms with van der Waals surface area (Å²) in [6, 6.07) is 13.0. The summed E-state index contributed by atoms with van der Waals surface area (Å²) in [7, 11) is 0. The van der Waals surface area contributed by atoms with Crippen LogP contribution >= 0.6 is 11.3 Å². The van der Waals surface area contributed by atoms with Crippen molar-refractivity contribution in [1.82, 2.24) is 4.98 Å². The summed E-state index contributed by atoms with van der Waals surface area (Å²) < 4.78 is 37.5. The van der Waals surface area contributed by atoms with Gasteiger partial charge in [0.25, 0.3) is 5.78 Å². The Morgan fingerprint density at radius 3 is 2.62 bits per heavy atom. The smallest absolute Gasteiger partial charge is 0.301 e. The molecule has 1 atom stereocenters. The summed E-state index contributed by atoms with van der Waals surface area (Å²) in [5.41, 5.74) is 1.11. The minimum Gasteiger partial charge on any atom is -0.507 e. The van der Waals surface area contributed by atoms with E-state index in [0.717, 1.165) is 17.8 Å². The number of carbonyl (C=O) groups excluding carboxylic acids is 2. The third-order valence-electron chi connectivity index (χ3n) is 6.85. The highest BCUT2D eigenvalue weighted by Crippen LogP contribution is 2.46. The number of carbonyl (C=O) groups is 2. The molecule has 2 aliphatic rings. The van der Waals surface area contributed by atoms with Crippen LogP contribution in [0.4, 0.5) is 9.52 Å². The molecule has 11 heteroatoms. The van der Waals surface area contributed by atoms with Crippen LogP contribution in [0.2, 0.25) is 0 Å². The summed E-state index contributed by atoms with van der Waals surface area (Å²) in [6.45, 7) is 5.40. The number of aliphatic hydroxyl groups excluding tert-OH is 1. The first-order chi connectivity index (χ1) is 20.4. The predicted molar refractivity (Wildman–Crippen MR) is 155 cm³/mol. The highest BCUT2D eigenvalue weighted by atomic mass is 32.1. The zero-order valence-corrected chi connectivity index (χ0v) is 23.7. The monoisotopic (exact) mass is 590 g/mol. The standard InChI is InChI=1S/C31H27FN2O7S/c1-3-11-39-21-9-5-17(14-23(21)38-4-2)27-26(28(35)18-6-10-22-24(15-18)41-13-12-40-22)29(36)30(37)34(27)31-33-20-8-7-19(32)16-25(20)42-31/h5-10,14-16,27,35H,3-4,11-13H2,1-2H3/b28-26+. The molecule has 2 aliphatic heterocycles. The molecule has 0 bridgehead atoms. The molecule has 0 radical (unpaired) electrons. The van der Waals surface area contributed by atoms with Crippen LogP contribution < -0.4 is 23.8 Å². The Bertz CT molecular complexity index is 1730. The maximum absolute atomic E-state index is 14.0. The molecule has 1 unspecified atom stereocenters. The summed E-state index contributed by atoms with van der Waals surface area (Å²) in [4.78, 5) is 33.1. The molecule has 0 aliphatic carbocycles. The van der Waals surface area contributed by atoms with Crippen molar-refractivity contribution in [3.63, 3.8) is 0 Å². The molecule has 4 aromatic rings. The Kier molecular flexibility index (Phi) is 7.42. The number of anilines is 1. The molecule has 0 saturated carbocycles. The van der Waals surface area contributed by atoms with Crippen LogP contribution in [0.15, 0.2) is 60.2 Å². The van der Waals surface area contributed by atoms with Crippen molar-refractivity contribution in [2.45, 2.75) is 26.3 Å². The van der Waals surface area contributed by atoms with Gasteiger partial charge in [-0.1, -0.05) is 24.3 Å². The number of aromatic nitrogens is 1. The molecular formula is C31H27FN2O7S. The number of amides is 1. The van der Waals surface area contributed by atoms with Gasteiger partial charge in [-0.2, -0.15) is 0 Å². The topological polar surface area (TPSA) is 107 Å². The lowest BCUT2D eigenvalue weighted by Gasteiger charge is -2.24. The first kappa shape index (κ1) is 27.5. The van der Waals surface area contributed by atoms with Crippen LogP contribution in [-0.2, 0) is 9.59 Å². The molecule has 6 rings (SSSR count). The summed E-state index contributed by atoms with van der Waals surface area (Å²) in [6.07, 6.45) is 0.793. The van der Waals surface area contributed by atoms with Gasteiger partial charge in [-0.15, -0.1) is 0 Å². The van der Waals surface area contributed by atoms with Crippen LogP contribution in [0, 0.1) is 5.82 Å². The molecule has 1 fully saturated rings. The summed E-state index contributed by atoms with van der Waals surface area (Å²) >= 11 is 1.07. The lowest BCUT2D eigenvalue weighted by atomic mass is 9.95. The van der Waals surface area contributed by atoms with Gasteiger partial charge in [0.1, 0.15) is 24.8 Å². The zero-order chi connectivity index (χ0) is 29.4. The van der Waals surface area contributed by atoms with Crippen LogP contribution in [-0.4, -0.2) is 48.2 Å². The highest BCUT2D eigenvalue weighted by molar-refractivity contribution is 7.22. The van der Waals surface area contributed by atoms with Gasteiger partial charge in [0.05, 0.1) is 35.0 Å². The molecule has 1 aromatic heterocycles. The first-order valence-electron chi connectivity index (χ1n) is 13.6. The third kappa shape index (κ3) is 4.89. The lowest BCUT2D eigenvalue weighted by molar-refractivity contribution is -0.132. The fourth-order valence-electron chi connectivity index (χ4n) is 4.98. The SMILES string of the molecule is CCCOc1ccc(C2/C(=C(\O)c3ccc4c(c3)OCCO4)C(=O)C(=O)N2c2nc3ccc(F)cc3s2)cc1OCC. The van der Waals surface area contributed by atoms with Crippen molar-refractivity contribution >= 4 is 44.1 Å². The number of hydrogen-bond acceptors (Lipinski definition) is 9. The number of ketones is 1. The minimum atomic E-state index is -1.07. The first-order valence-corrected chi connectivity index (χ1v) is 14.4. The Labute approximate surface area is 244 Å². The van der Waals surface area contributed by atoms with Crippen molar-refractivity contribution in [2.24, 2.45) is 0 Å². The number of Topliss-reactive ketones (excluding diaryl/α,β-unsaturated/α-hetero) is 1. The Hall–Kier alpha value is -4.64. The number of benzene rings is 3. The van der Waals surface area contributed by atoms with E-state index < -0.39 is 23.5 Å². The fraction of sp³-hybridized carbons (Fsp3) is 0.258. The van der Waals surface area contributed by atoms with Crippen LogP contribution in [0.5, 0.6) is 23.0 Å². The van der Waals surface area contributed by atoms with E-state index in [1.165, 1.54) is 23.1 Å². The fourth-order valence-corrected chi connectivity index (χ4v) is 5.99. The van der Waals surface area contributed by atoms with Crippen LogP contribution in [0.25, 0.3) is 16.0 Å². The minimum absolute atomic E-state index is 0.133. The molecule has 3 heterocycles. The summed E-state index contributed by atoms with van der Waals surface area (Å²) in [5.74, 6) is -0.708. The van der Waals surface area contributed by atoms with Gasteiger partial charge in [0, 0.05) is 5.56 Å². The van der Waals surface area contributed by atoms with Gasteiger partial charge in [0.2, 0.25) is 0 Å². The van der Waals surface area contributed by atoms with E-state index in [9.17, 15) is 19.1 Å². The van der Waals surface area contributed by atoms with E-state index in [0.29, 0.717) is 65.2 Å². The Morgan fingerprint density at radius 2 is 1.83 bits per heavy atom. The van der Waals surface area contributed by atoms with Crippen molar-refractivity contribution in [2.75, 3.05) is 31.3 Å². The number of thiazole rings is 1. The van der Waals surface area contributed by atoms with E-state index in [4.69, 9.17) is 18.9 Å². The average molecular weight is 591 g/mol. The number of fused-ring (bicyclic) bond motifs is 2. The largest absolute Gasteiger partial charge is 0.507 e. The molecule has 216 valence electrons. The van der Waals surface area contributed by atoms with Crippen LogP contribution in [0.1, 0.15) is 37.4 Å². The van der Waals surface area contributed by atoms with Gasteiger partial charge < -0.3 is 24.1 Å². The lowest BCUT2D eigenvalue weighted by Crippen LogP contribution is -2.29. The normalized spacial score (nSPS) is 17.6. The van der Waals surface area contributed by atoms with Gasteiger partial charge in [-0.05, 0) is 67.4 Å². The van der Waals surface area contributed by atoms with Crippen molar-refractivity contribution in [3.05, 3.63) is 77.1 Å². The highest BCUT2D eigenvalue weighted by Gasteiger charge is 2.48. The van der Waals surface area contributed by atoms with Crippen molar-refractivity contribution in [1.29, 1.82) is 0 Å². The molecule has 0 spiro atoms. The molecule has 42 heavy (non-hydrogen) atoms. The molecular weight excluding hydrogens is 563 g/mol. The number of halogens is 1. The molecule has 9 nitrogen and oxygen atoms in total. The van der Waals surface area contributed by atoms with E-state index >= 15 is 0 Å². The number of ether oxygens (including phenoxy) is 4. The van der Waals surface area contributed by atoms with E-state index in [2.05, 4.69) is 4.98 Å². The van der Waals surface area contributed by atoms with Crippen molar-refractivity contribution < 1.29 is 38.0 Å². The Morgan fingerprint density at radius 1 is 1.02 bits per heavy atom. The molecule has 1 N–H and O–H groups in total. The van der Waals surface area contributed by atoms with Crippen LogP contribution in [0.3, 0.4) is 0 Å². The quantitative estimate of drug-likeness (QED) is 0.151. The third-order valence-corrected chi connectivity index (χ3v) is 7.87. The van der Waals surface area contributed by atoms with Gasteiger partial charge >= 0.3 is 5.91 Å². The van der Waals surface area contributed by atoms with Gasteiger partial charge in [0.15, 0.2) is 28.1 Å². The van der Waals surface area contributed by atoms with E-state index in [-0.39, 0.29) is 22.0 Å². The maximum atomic E-state index is 14.0. The number of hydrogen-bond donors (Lipinski definition) is 1. The van der Waals surface area contributed by atoms with Crippen molar-refractivity contribution in [3.8, 4) is 23.0 Å². The maximum Gasteiger partial charge on any atom is 0.301 e. The average Bonchev–Trinajstić information content (AvgIpc) is 3.53. The summed E-state index contributed by atoms with van der Waals surface area (Å²) in [5, 5.41) is 11.8. The predicted octanol–water partition coefficient (Wildman–Crippen LogP) is 6.02.